The molecule has 4 N–H and O–H groups in total. The summed E-state index contributed by atoms with van der Waals surface area (Å²) in [6.45, 7) is 9.67. The molecule has 0 spiro atoms. The van der Waals surface area contributed by atoms with Crippen LogP contribution in [0.1, 0.15) is 116 Å². The molecule has 1 aliphatic carbocycles. The first kappa shape index (κ1) is 47.5. The fraction of sp³-hybridized carbons (Fsp3) is 0.500. The van der Waals surface area contributed by atoms with Crippen LogP contribution in [0.15, 0.2) is 41.3 Å². The number of hydrogen-bond acceptors (Lipinski definition) is 13. The molecule has 4 aliphatic rings. The number of halogens is 2. The highest BCUT2D eigenvalue weighted by Gasteiger charge is 2.39. The monoisotopic (exact) mass is 941 g/mol. The van der Waals surface area contributed by atoms with Crippen molar-refractivity contribution in [2.75, 3.05) is 50.1 Å². The summed E-state index contributed by atoms with van der Waals surface area (Å²) in [4.78, 5) is 89.0. The number of hydrogen-bond donors (Lipinski definition) is 4. The van der Waals surface area contributed by atoms with E-state index in [1.165, 1.54) is 36.9 Å². The summed E-state index contributed by atoms with van der Waals surface area (Å²) in [5.74, 6) is -1.94. The average molecular weight is 942 g/mol. The summed E-state index contributed by atoms with van der Waals surface area (Å²) in [7, 11) is 1.45. The van der Waals surface area contributed by atoms with Crippen molar-refractivity contribution < 1.29 is 37.8 Å². The van der Waals surface area contributed by atoms with Crippen LogP contribution >= 0.6 is 11.6 Å². The van der Waals surface area contributed by atoms with Crippen LogP contribution in [0.5, 0.6) is 5.75 Å². The van der Waals surface area contributed by atoms with Gasteiger partial charge in [-0.05, 0) is 121 Å². The topological polar surface area (TPSA) is 206 Å². The molecule has 5 heterocycles. The highest BCUT2D eigenvalue weighted by atomic mass is 35.5. The van der Waals surface area contributed by atoms with Crippen molar-refractivity contribution in [3.8, 4) is 5.75 Å². The molecule has 2 aromatic heterocycles. The lowest BCUT2D eigenvalue weighted by Gasteiger charge is -2.47. The van der Waals surface area contributed by atoms with Crippen LogP contribution in [0.4, 0.5) is 21.8 Å². The van der Waals surface area contributed by atoms with Gasteiger partial charge in [0, 0.05) is 49.6 Å². The van der Waals surface area contributed by atoms with Gasteiger partial charge in [-0.1, -0.05) is 23.7 Å². The quantitative estimate of drug-likeness (QED) is 0.0915. The van der Waals surface area contributed by atoms with Crippen LogP contribution in [-0.2, 0) is 19.1 Å². The number of likely N-dealkylation sites (N-methyl/N-ethyl adjacent to an activating group) is 1. The molecule has 2 aromatic carbocycles. The van der Waals surface area contributed by atoms with Gasteiger partial charge in [0.15, 0.2) is 29.8 Å². The molecular weight excluding hydrogens is 885 g/mol. The van der Waals surface area contributed by atoms with Gasteiger partial charge in [-0.2, -0.15) is 4.98 Å². The SMILES string of the molecule is CNC(=O)COc1cc2c(F)c(Nc3nc(N4CCC(O[C@H]5C[C@H](N6CCC(c7ccc(C(C)=O)c(C(=O)NC8CCC(=O)NC8=O)c7C)CC6)C5)CC4)ncc3Cl)ccc2n(C(C)C)c1=O. The van der Waals surface area contributed by atoms with Crippen LogP contribution in [-0.4, -0.2) is 113 Å². The van der Waals surface area contributed by atoms with Crippen LogP contribution in [0.3, 0.4) is 0 Å². The maximum atomic E-state index is 16.2. The number of aromatic nitrogens is 3. The Morgan fingerprint density at radius 1 is 0.985 bits per heavy atom. The number of carbonyl (C=O) groups is 5. The van der Waals surface area contributed by atoms with Gasteiger partial charge < -0.3 is 39.8 Å². The first-order chi connectivity index (χ1) is 32.1. The molecule has 8 rings (SSSR count). The highest BCUT2D eigenvalue weighted by molar-refractivity contribution is 6.33. The van der Waals surface area contributed by atoms with E-state index in [2.05, 4.69) is 41.0 Å². The van der Waals surface area contributed by atoms with Crippen molar-refractivity contribution in [1.29, 1.82) is 0 Å². The minimum atomic E-state index is -0.837. The van der Waals surface area contributed by atoms with Gasteiger partial charge in [0.2, 0.25) is 17.8 Å². The summed E-state index contributed by atoms with van der Waals surface area (Å²) in [5.41, 5.74) is 2.38. The molecule has 17 nitrogen and oxygen atoms in total. The number of likely N-dealkylation sites (tertiary alicyclic amines) is 1. The van der Waals surface area contributed by atoms with E-state index in [1.807, 2.05) is 13.0 Å². The fourth-order valence-electron chi connectivity index (χ4n) is 9.81. The second-order valence-corrected chi connectivity index (χ2v) is 18.6. The Morgan fingerprint density at radius 2 is 1.72 bits per heavy atom. The van der Waals surface area contributed by atoms with E-state index >= 15 is 4.39 Å². The van der Waals surface area contributed by atoms with Gasteiger partial charge in [0.1, 0.15) is 11.1 Å². The number of fused-ring (bicyclic) bond motifs is 1. The summed E-state index contributed by atoms with van der Waals surface area (Å²) in [5, 5.41) is 10.8. The van der Waals surface area contributed by atoms with Crippen molar-refractivity contribution in [2.24, 2.45) is 0 Å². The lowest BCUT2D eigenvalue weighted by Crippen LogP contribution is -2.52. The van der Waals surface area contributed by atoms with Crippen molar-refractivity contribution in [3.05, 3.63) is 80.0 Å². The van der Waals surface area contributed by atoms with E-state index < -0.39 is 41.7 Å². The Kier molecular flexibility index (Phi) is 14.2. The Balaban J connectivity index is 0.828. The summed E-state index contributed by atoms with van der Waals surface area (Å²) < 4.78 is 29.8. The molecule has 0 bridgehead atoms. The standard InChI is InChI=1S/C48H57ClFN9O8/c1-25(2)59-38-10-8-36(43(50)34(38)22-39(47(59)65)66-24-41(62)51-5)53-44-35(49)23-52-48(56-44)58-18-14-30(15-19-58)67-31-20-29(21-31)57-16-12-28(13-17-57)32-6-7-33(27(4)60)42(26(32)3)46(64)54-37-9-11-40(61)55-45(37)63/h6-8,10,22-23,25,28-31,37H,9,11-21,24H2,1-5H3,(H,51,62)(H,54,64)(H,52,53,56)(H,55,61,63)/t29-,31-,37?. The number of ether oxygens (including phenoxy) is 2. The third-order valence-electron chi connectivity index (χ3n) is 13.6. The van der Waals surface area contributed by atoms with E-state index in [0.717, 1.165) is 62.7 Å². The molecule has 1 saturated carbocycles. The van der Waals surface area contributed by atoms with Crippen molar-refractivity contribution in [2.45, 2.75) is 115 Å². The molecule has 3 saturated heterocycles. The Labute approximate surface area is 392 Å². The van der Waals surface area contributed by atoms with E-state index in [-0.39, 0.29) is 76.4 Å². The molecular formula is C48H57ClFN9O8. The van der Waals surface area contributed by atoms with Crippen LogP contribution in [0.25, 0.3) is 10.9 Å². The Bertz CT molecular complexity index is 2660. The van der Waals surface area contributed by atoms with Crippen LogP contribution in [0, 0.1) is 12.7 Å². The molecule has 67 heavy (non-hydrogen) atoms. The molecule has 1 atom stereocenters. The Hall–Kier alpha value is -5.98. The number of rotatable bonds is 14. The predicted molar refractivity (Wildman–Crippen MR) is 250 cm³/mol. The number of Topliss-reactive ketones (excluding diaryl/α,β-unsaturated/α-hetero) is 1. The minimum absolute atomic E-state index is 0.0842. The van der Waals surface area contributed by atoms with Gasteiger partial charge in [-0.15, -0.1) is 0 Å². The van der Waals surface area contributed by atoms with E-state index in [0.29, 0.717) is 41.7 Å². The van der Waals surface area contributed by atoms with Crippen molar-refractivity contribution in [1.82, 2.24) is 35.4 Å². The van der Waals surface area contributed by atoms with E-state index in [1.54, 1.807) is 26.0 Å². The molecule has 0 radical (unpaired) electrons. The molecule has 19 heteroatoms. The number of amides is 4. The first-order valence-electron chi connectivity index (χ1n) is 23.0. The Morgan fingerprint density at radius 3 is 2.39 bits per heavy atom. The normalized spacial score (nSPS) is 20.7. The van der Waals surface area contributed by atoms with Crippen LogP contribution in [0.2, 0.25) is 5.02 Å². The number of nitrogens with zero attached hydrogens (tertiary/aromatic N) is 5. The number of piperidine rings is 3. The molecule has 356 valence electrons. The largest absolute Gasteiger partial charge is 0.478 e. The first-order valence-corrected chi connectivity index (χ1v) is 23.4. The zero-order valence-corrected chi connectivity index (χ0v) is 39.1. The second-order valence-electron chi connectivity index (χ2n) is 18.2. The number of carbonyl (C=O) groups excluding carboxylic acids is 5. The number of pyridine rings is 1. The third-order valence-corrected chi connectivity index (χ3v) is 13.9. The van der Waals surface area contributed by atoms with E-state index in [4.69, 9.17) is 21.1 Å². The van der Waals surface area contributed by atoms with Gasteiger partial charge >= 0.3 is 0 Å². The maximum Gasteiger partial charge on any atom is 0.293 e. The molecule has 1 unspecified atom stereocenters. The number of nitrogens with one attached hydrogen (secondary N) is 4. The maximum absolute atomic E-state index is 16.2. The van der Waals surface area contributed by atoms with Crippen LogP contribution < -0.4 is 36.5 Å². The molecule has 4 amide bonds. The number of anilines is 3. The molecule has 3 aliphatic heterocycles. The lowest BCUT2D eigenvalue weighted by molar-refractivity contribution is -0.134. The smallest absolute Gasteiger partial charge is 0.293 e. The third kappa shape index (κ3) is 10.2. The van der Waals surface area contributed by atoms with Gasteiger partial charge in [-0.25, -0.2) is 9.37 Å². The van der Waals surface area contributed by atoms with Gasteiger partial charge in [0.05, 0.1) is 35.2 Å². The van der Waals surface area contributed by atoms with Crippen molar-refractivity contribution in [3.63, 3.8) is 0 Å². The lowest BCUT2D eigenvalue weighted by atomic mass is 9.81. The zero-order valence-electron chi connectivity index (χ0n) is 38.4. The molecule has 4 fully saturated rings. The van der Waals surface area contributed by atoms with Crippen molar-refractivity contribution >= 4 is 69.4 Å². The van der Waals surface area contributed by atoms with E-state index in [9.17, 15) is 28.8 Å². The molecule has 4 aromatic rings. The number of ketones is 1. The van der Waals surface area contributed by atoms with Gasteiger partial charge in [0.25, 0.3) is 17.4 Å². The number of benzene rings is 2. The average Bonchev–Trinajstić information content (AvgIpc) is 3.29. The number of imide groups is 1. The summed E-state index contributed by atoms with van der Waals surface area (Å²) in [6.07, 6.45) is 7.44. The summed E-state index contributed by atoms with van der Waals surface area (Å²) in [6, 6.07) is 7.46. The van der Waals surface area contributed by atoms with Gasteiger partial charge in [-0.3, -0.25) is 34.1 Å². The predicted octanol–water partition coefficient (Wildman–Crippen LogP) is 5.48. The minimum Gasteiger partial charge on any atom is -0.478 e. The highest BCUT2D eigenvalue weighted by Crippen LogP contribution is 2.38. The zero-order chi connectivity index (χ0) is 47.7. The second kappa shape index (κ2) is 20.1. The fourth-order valence-corrected chi connectivity index (χ4v) is 9.95. The summed E-state index contributed by atoms with van der Waals surface area (Å²) >= 11 is 6.53.